The molecule has 1 saturated heterocycles. The van der Waals surface area contributed by atoms with Crippen LogP contribution in [0.5, 0.6) is 5.75 Å². The highest BCUT2D eigenvalue weighted by atomic mass is 16.3. The first kappa shape index (κ1) is 9.22. The van der Waals surface area contributed by atoms with Crippen molar-refractivity contribution in [3.8, 4) is 5.75 Å². The number of aryl methyl sites for hydroxylation is 1. The van der Waals surface area contributed by atoms with E-state index in [1.807, 2.05) is 12.1 Å². The molecule has 0 amide bonds. The number of benzene rings is 1. The van der Waals surface area contributed by atoms with E-state index in [0.29, 0.717) is 11.8 Å². The van der Waals surface area contributed by atoms with Crippen LogP contribution in [-0.4, -0.2) is 23.1 Å². The van der Waals surface area contributed by atoms with E-state index in [9.17, 15) is 5.11 Å². The van der Waals surface area contributed by atoms with Crippen molar-refractivity contribution in [2.75, 3.05) is 13.1 Å². The Bertz CT molecular complexity index is 369. The summed E-state index contributed by atoms with van der Waals surface area (Å²) in [6.07, 6.45) is 5.07. The molecule has 0 aromatic heterocycles. The average Bonchev–Trinajstić information content (AvgIpc) is 2.82. The highest BCUT2D eigenvalue weighted by Gasteiger charge is 2.29. The van der Waals surface area contributed by atoms with Crippen molar-refractivity contribution >= 4 is 0 Å². The number of nitrogens with zero attached hydrogens (tertiary/aromatic N) is 1. The molecule has 1 heterocycles. The Hall–Kier alpha value is -1.02. The Morgan fingerprint density at radius 1 is 1.20 bits per heavy atom. The maximum absolute atomic E-state index is 9.43. The third kappa shape index (κ3) is 1.53. The van der Waals surface area contributed by atoms with Crippen LogP contribution in [0.15, 0.2) is 18.2 Å². The van der Waals surface area contributed by atoms with Crippen molar-refractivity contribution in [3.05, 3.63) is 29.3 Å². The van der Waals surface area contributed by atoms with Gasteiger partial charge in [-0.05, 0) is 62.0 Å². The van der Waals surface area contributed by atoms with Gasteiger partial charge in [-0.3, -0.25) is 4.90 Å². The van der Waals surface area contributed by atoms with Gasteiger partial charge in [-0.1, -0.05) is 6.07 Å². The second-order valence-electron chi connectivity index (χ2n) is 4.68. The van der Waals surface area contributed by atoms with E-state index in [4.69, 9.17) is 0 Å². The Morgan fingerprint density at radius 3 is 2.80 bits per heavy atom. The topological polar surface area (TPSA) is 23.5 Å². The standard InChI is InChI=1S/C13H17NO/c15-11-4-5-12-10(9-11)3-6-13(12)14-7-1-2-8-14/h4-5,9,13,15H,1-3,6-8H2/t13-/m1/s1. The van der Waals surface area contributed by atoms with E-state index in [0.717, 1.165) is 6.42 Å². The van der Waals surface area contributed by atoms with Gasteiger partial charge in [0.1, 0.15) is 5.75 Å². The summed E-state index contributed by atoms with van der Waals surface area (Å²) < 4.78 is 0. The monoisotopic (exact) mass is 203 g/mol. The molecule has 15 heavy (non-hydrogen) atoms. The van der Waals surface area contributed by atoms with E-state index >= 15 is 0 Å². The van der Waals surface area contributed by atoms with Gasteiger partial charge in [-0.25, -0.2) is 0 Å². The molecule has 0 saturated carbocycles. The van der Waals surface area contributed by atoms with Crippen LogP contribution < -0.4 is 0 Å². The van der Waals surface area contributed by atoms with Crippen molar-refractivity contribution in [2.45, 2.75) is 31.7 Å². The number of phenolic OH excluding ortho intramolecular Hbond substituents is 1. The van der Waals surface area contributed by atoms with E-state index < -0.39 is 0 Å². The van der Waals surface area contributed by atoms with Crippen LogP contribution in [0, 0.1) is 0 Å². The predicted octanol–water partition coefficient (Wildman–Crippen LogP) is 2.48. The van der Waals surface area contributed by atoms with Crippen molar-refractivity contribution in [1.29, 1.82) is 0 Å². The lowest BCUT2D eigenvalue weighted by Gasteiger charge is -2.24. The fourth-order valence-electron chi connectivity index (χ4n) is 3.01. The van der Waals surface area contributed by atoms with Crippen molar-refractivity contribution < 1.29 is 5.11 Å². The van der Waals surface area contributed by atoms with E-state index in [2.05, 4.69) is 11.0 Å². The zero-order valence-corrected chi connectivity index (χ0v) is 8.95. The Morgan fingerprint density at radius 2 is 2.00 bits per heavy atom. The minimum Gasteiger partial charge on any atom is -0.508 e. The lowest BCUT2D eigenvalue weighted by molar-refractivity contribution is 0.245. The molecule has 1 aromatic rings. The largest absolute Gasteiger partial charge is 0.508 e. The molecule has 1 atom stereocenters. The summed E-state index contributed by atoms with van der Waals surface area (Å²) in [5.74, 6) is 0.413. The highest BCUT2D eigenvalue weighted by molar-refractivity contribution is 5.40. The predicted molar refractivity (Wildman–Crippen MR) is 60.0 cm³/mol. The van der Waals surface area contributed by atoms with Gasteiger partial charge in [0.25, 0.3) is 0 Å². The van der Waals surface area contributed by atoms with Crippen molar-refractivity contribution in [1.82, 2.24) is 4.90 Å². The first-order valence-electron chi connectivity index (χ1n) is 5.90. The maximum Gasteiger partial charge on any atom is 0.115 e. The van der Waals surface area contributed by atoms with Crippen LogP contribution in [0.4, 0.5) is 0 Å². The molecule has 2 nitrogen and oxygen atoms in total. The highest BCUT2D eigenvalue weighted by Crippen LogP contribution is 2.38. The minimum absolute atomic E-state index is 0.413. The third-order valence-corrected chi connectivity index (χ3v) is 3.75. The summed E-state index contributed by atoms with van der Waals surface area (Å²) in [5, 5.41) is 9.43. The molecule has 2 heteroatoms. The maximum atomic E-state index is 9.43. The molecular weight excluding hydrogens is 186 g/mol. The average molecular weight is 203 g/mol. The van der Waals surface area contributed by atoms with Crippen LogP contribution >= 0.6 is 0 Å². The summed E-state index contributed by atoms with van der Waals surface area (Å²) in [7, 11) is 0. The van der Waals surface area contributed by atoms with Crippen LogP contribution in [0.1, 0.15) is 36.4 Å². The van der Waals surface area contributed by atoms with E-state index in [1.165, 1.54) is 43.5 Å². The third-order valence-electron chi connectivity index (χ3n) is 3.75. The van der Waals surface area contributed by atoms with Gasteiger partial charge in [-0.2, -0.15) is 0 Å². The molecule has 1 aliphatic heterocycles. The molecule has 0 unspecified atom stereocenters. The Labute approximate surface area is 90.5 Å². The molecule has 1 N–H and O–H groups in total. The fourth-order valence-corrected chi connectivity index (χ4v) is 3.01. The van der Waals surface area contributed by atoms with Crippen LogP contribution in [0.3, 0.4) is 0 Å². The lowest BCUT2D eigenvalue weighted by atomic mass is 10.1. The van der Waals surface area contributed by atoms with Gasteiger partial charge in [0, 0.05) is 6.04 Å². The summed E-state index contributed by atoms with van der Waals surface area (Å²) >= 11 is 0. The van der Waals surface area contributed by atoms with Gasteiger partial charge in [0.2, 0.25) is 0 Å². The summed E-state index contributed by atoms with van der Waals surface area (Å²) in [6, 6.07) is 6.50. The van der Waals surface area contributed by atoms with Gasteiger partial charge < -0.3 is 5.11 Å². The summed E-state index contributed by atoms with van der Waals surface area (Å²) in [6.45, 7) is 2.51. The van der Waals surface area contributed by atoms with Gasteiger partial charge in [0.15, 0.2) is 0 Å². The second-order valence-corrected chi connectivity index (χ2v) is 4.68. The number of aromatic hydroxyl groups is 1. The number of hydrogen-bond acceptors (Lipinski definition) is 2. The van der Waals surface area contributed by atoms with E-state index in [-0.39, 0.29) is 0 Å². The molecule has 2 aliphatic rings. The van der Waals surface area contributed by atoms with Gasteiger partial charge in [-0.15, -0.1) is 0 Å². The number of fused-ring (bicyclic) bond motifs is 1. The van der Waals surface area contributed by atoms with Gasteiger partial charge in [0.05, 0.1) is 0 Å². The fraction of sp³-hybridized carbons (Fsp3) is 0.538. The molecule has 3 rings (SSSR count). The molecule has 0 spiro atoms. The normalized spacial score (nSPS) is 25.7. The molecule has 1 aliphatic carbocycles. The van der Waals surface area contributed by atoms with Crippen LogP contribution in [-0.2, 0) is 6.42 Å². The zero-order chi connectivity index (χ0) is 10.3. The quantitative estimate of drug-likeness (QED) is 0.758. The number of likely N-dealkylation sites (tertiary alicyclic amines) is 1. The molecule has 0 radical (unpaired) electrons. The molecule has 1 aromatic carbocycles. The van der Waals surface area contributed by atoms with Crippen LogP contribution in [0.25, 0.3) is 0 Å². The number of rotatable bonds is 1. The number of hydrogen-bond donors (Lipinski definition) is 1. The SMILES string of the molecule is Oc1ccc2c(c1)CC[C@H]2N1CCCC1. The Balaban J connectivity index is 1.90. The number of phenols is 1. The molecular formula is C13H17NO. The first-order valence-corrected chi connectivity index (χ1v) is 5.90. The van der Waals surface area contributed by atoms with E-state index in [1.54, 1.807) is 0 Å². The smallest absolute Gasteiger partial charge is 0.115 e. The molecule has 0 bridgehead atoms. The van der Waals surface area contributed by atoms with Gasteiger partial charge >= 0.3 is 0 Å². The van der Waals surface area contributed by atoms with Crippen molar-refractivity contribution in [2.24, 2.45) is 0 Å². The summed E-state index contributed by atoms with van der Waals surface area (Å²) in [5.41, 5.74) is 2.81. The van der Waals surface area contributed by atoms with Crippen LogP contribution in [0.2, 0.25) is 0 Å². The second kappa shape index (κ2) is 3.53. The zero-order valence-electron chi connectivity index (χ0n) is 8.95. The lowest BCUT2D eigenvalue weighted by Crippen LogP contribution is -2.23. The molecule has 1 fully saturated rings. The minimum atomic E-state index is 0.413. The molecule has 80 valence electrons. The summed E-state index contributed by atoms with van der Waals surface area (Å²) in [4.78, 5) is 2.60. The Kier molecular flexibility index (Phi) is 2.17. The first-order chi connectivity index (χ1) is 7.34. The van der Waals surface area contributed by atoms with Crippen molar-refractivity contribution in [3.63, 3.8) is 0 Å².